The Morgan fingerprint density at radius 3 is 2.94 bits per heavy atom. The number of anilines is 1. The molecule has 2 fully saturated rings. The molecule has 3 heterocycles. The van der Waals surface area contributed by atoms with Crippen LogP contribution in [0.3, 0.4) is 0 Å². The Labute approximate surface area is 102 Å². The molecule has 94 valence electrons. The standard InChI is InChI=1S/C12H21N5/c1-16-12(9-14-15-16)17-8-3-2-6-11(17)10-5-4-7-13-10/h9-11,13H,2-8H2,1H3. The first kappa shape index (κ1) is 11.0. The Morgan fingerprint density at radius 1 is 1.29 bits per heavy atom. The van der Waals surface area contributed by atoms with E-state index in [2.05, 4.69) is 20.5 Å². The van der Waals surface area contributed by atoms with Gasteiger partial charge in [-0.05, 0) is 38.6 Å². The van der Waals surface area contributed by atoms with Crippen molar-refractivity contribution in [3.8, 4) is 0 Å². The molecule has 1 aromatic heterocycles. The Morgan fingerprint density at radius 2 is 2.24 bits per heavy atom. The zero-order chi connectivity index (χ0) is 11.7. The summed E-state index contributed by atoms with van der Waals surface area (Å²) in [6.07, 6.45) is 8.46. The second kappa shape index (κ2) is 4.64. The van der Waals surface area contributed by atoms with E-state index in [0.29, 0.717) is 12.1 Å². The van der Waals surface area contributed by atoms with E-state index >= 15 is 0 Å². The molecule has 0 radical (unpaired) electrons. The quantitative estimate of drug-likeness (QED) is 0.828. The molecule has 2 unspecified atom stereocenters. The monoisotopic (exact) mass is 235 g/mol. The molecule has 3 rings (SSSR count). The number of nitrogens with zero attached hydrogens (tertiary/aromatic N) is 4. The topological polar surface area (TPSA) is 46.0 Å². The van der Waals surface area contributed by atoms with Gasteiger partial charge in [0.15, 0.2) is 0 Å². The third kappa shape index (κ3) is 2.04. The van der Waals surface area contributed by atoms with Crippen molar-refractivity contribution >= 4 is 5.82 Å². The summed E-state index contributed by atoms with van der Waals surface area (Å²) in [5, 5.41) is 11.7. The van der Waals surface area contributed by atoms with E-state index in [1.54, 1.807) is 0 Å². The third-order valence-corrected chi connectivity index (χ3v) is 4.10. The van der Waals surface area contributed by atoms with E-state index in [-0.39, 0.29) is 0 Å². The summed E-state index contributed by atoms with van der Waals surface area (Å²) in [6, 6.07) is 1.29. The third-order valence-electron chi connectivity index (χ3n) is 4.10. The smallest absolute Gasteiger partial charge is 0.147 e. The molecule has 2 aliphatic heterocycles. The minimum Gasteiger partial charge on any atom is -0.351 e. The molecule has 0 aliphatic carbocycles. The molecule has 2 atom stereocenters. The van der Waals surface area contributed by atoms with Crippen molar-refractivity contribution in [1.82, 2.24) is 20.3 Å². The molecule has 1 aromatic rings. The zero-order valence-corrected chi connectivity index (χ0v) is 10.5. The van der Waals surface area contributed by atoms with Gasteiger partial charge in [0.2, 0.25) is 0 Å². The van der Waals surface area contributed by atoms with Gasteiger partial charge in [0.05, 0.1) is 6.20 Å². The summed E-state index contributed by atoms with van der Waals surface area (Å²) in [6.45, 7) is 2.32. The van der Waals surface area contributed by atoms with Crippen molar-refractivity contribution in [3.05, 3.63) is 6.20 Å². The molecule has 17 heavy (non-hydrogen) atoms. The Balaban J connectivity index is 1.82. The van der Waals surface area contributed by atoms with Crippen LogP contribution in [-0.4, -0.2) is 40.2 Å². The molecule has 0 saturated carbocycles. The van der Waals surface area contributed by atoms with Gasteiger partial charge in [0.1, 0.15) is 5.82 Å². The van der Waals surface area contributed by atoms with Gasteiger partial charge < -0.3 is 10.2 Å². The first-order valence-corrected chi connectivity index (χ1v) is 6.71. The van der Waals surface area contributed by atoms with Gasteiger partial charge in [-0.2, -0.15) is 0 Å². The van der Waals surface area contributed by atoms with Crippen LogP contribution in [0.4, 0.5) is 5.82 Å². The van der Waals surface area contributed by atoms with Crippen molar-refractivity contribution in [1.29, 1.82) is 0 Å². The van der Waals surface area contributed by atoms with Gasteiger partial charge in [-0.15, -0.1) is 5.10 Å². The molecule has 5 heteroatoms. The zero-order valence-electron chi connectivity index (χ0n) is 10.5. The maximum absolute atomic E-state index is 4.06. The summed E-state index contributed by atoms with van der Waals surface area (Å²) >= 11 is 0. The van der Waals surface area contributed by atoms with Crippen LogP contribution in [0.5, 0.6) is 0 Å². The second-order valence-corrected chi connectivity index (χ2v) is 5.18. The highest BCUT2D eigenvalue weighted by molar-refractivity contribution is 5.38. The lowest BCUT2D eigenvalue weighted by Gasteiger charge is -2.40. The number of nitrogens with one attached hydrogen (secondary N) is 1. The van der Waals surface area contributed by atoms with Crippen LogP contribution in [0.2, 0.25) is 0 Å². The van der Waals surface area contributed by atoms with Crippen LogP contribution in [0.15, 0.2) is 6.20 Å². The van der Waals surface area contributed by atoms with Crippen molar-refractivity contribution in [2.24, 2.45) is 7.05 Å². The Kier molecular flexibility index (Phi) is 3.01. The SMILES string of the molecule is Cn1nncc1N1CCCCC1C1CCCN1. The van der Waals surface area contributed by atoms with Gasteiger partial charge in [-0.25, -0.2) is 4.68 Å². The fraction of sp³-hybridized carbons (Fsp3) is 0.833. The number of hydrogen-bond acceptors (Lipinski definition) is 4. The summed E-state index contributed by atoms with van der Waals surface area (Å²) in [4.78, 5) is 2.51. The second-order valence-electron chi connectivity index (χ2n) is 5.18. The van der Waals surface area contributed by atoms with Crippen LogP contribution in [0.1, 0.15) is 32.1 Å². The van der Waals surface area contributed by atoms with Gasteiger partial charge >= 0.3 is 0 Å². The van der Waals surface area contributed by atoms with Crippen molar-refractivity contribution in [3.63, 3.8) is 0 Å². The highest BCUT2D eigenvalue weighted by Crippen LogP contribution is 2.28. The summed E-state index contributed by atoms with van der Waals surface area (Å²) in [5.41, 5.74) is 0. The molecule has 0 spiro atoms. The highest BCUT2D eigenvalue weighted by Gasteiger charge is 2.32. The normalized spacial score (nSPS) is 29.8. The summed E-state index contributed by atoms with van der Waals surface area (Å²) < 4.78 is 1.90. The molecular formula is C12H21N5. The fourth-order valence-corrected chi connectivity index (χ4v) is 3.24. The molecule has 2 saturated heterocycles. The average Bonchev–Trinajstić information content (AvgIpc) is 3.00. The van der Waals surface area contributed by atoms with Crippen LogP contribution in [0.25, 0.3) is 0 Å². The van der Waals surface area contributed by atoms with Crippen molar-refractivity contribution in [2.45, 2.75) is 44.2 Å². The number of rotatable bonds is 2. The van der Waals surface area contributed by atoms with Gasteiger partial charge in [0, 0.05) is 25.7 Å². The molecular weight excluding hydrogens is 214 g/mol. The van der Waals surface area contributed by atoms with Crippen molar-refractivity contribution < 1.29 is 0 Å². The first-order chi connectivity index (χ1) is 8.36. The van der Waals surface area contributed by atoms with E-state index in [4.69, 9.17) is 0 Å². The number of hydrogen-bond donors (Lipinski definition) is 1. The van der Waals surface area contributed by atoms with Gasteiger partial charge in [-0.1, -0.05) is 5.21 Å². The van der Waals surface area contributed by atoms with E-state index in [0.717, 1.165) is 6.54 Å². The Bertz CT molecular complexity index is 369. The first-order valence-electron chi connectivity index (χ1n) is 6.71. The lowest BCUT2D eigenvalue weighted by molar-refractivity contribution is 0.373. The lowest BCUT2D eigenvalue weighted by atomic mass is 9.94. The summed E-state index contributed by atoms with van der Waals surface area (Å²) in [5.74, 6) is 1.17. The molecule has 0 amide bonds. The molecule has 5 nitrogen and oxygen atoms in total. The van der Waals surface area contributed by atoms with Crippen LogP contribution >= 0.6 is 0 Å². The van der Waals surface area contributed by atoms with E-state index in [1.165, 1.54) is 44.5 Å². The average molecular weight is 235 g/mol. The molecule has 0 aromatic carbocycles. The minimum atomic E-state index is 0.628. The maximum atomic E-state index is 4.06. The molecule has 0 bridgehead atoms. The van der Waals surface area contributed by atoms with Crippen molar-refractivity contribution in [2.75, 3.05) is 18.0 Å². The number of aromatic nitrogens is 3. The van der Waals surface area contributed by atoms with Gasteiger partial charge in [-0.3, -0.25) is 0 Å². The highest BCUT2D eigenvalue weighted by atomic mass is 15.5. The number of aryl methyl sites for hydroxylation is 1. The predicted octanol–water partition coefficient (Wildman–Crippen LogP) is 0.926. The van der Waals surface area contributed by atoms with E-state index in [9.17, 15) is 0 Å². The van der Waals surface area contributed by atoms with Crippen LogP contribution in [-0.2, 0) is 7.05 Å². The van der Waals surface area contributed by atoms with Crippen LogP contribution in [0, 0.1) is 0 Å². The fourth-order valence-electron chi connectivity index (χ4n) is 3.24. The van der Waals surface area contributed by atoms with Gasteiger partial charge in [0.25, 0.3) is 0 Å². The van der Waals surface area contributed by atoms with E-state index in [1.807, 2.05) is 17.9 Å². The predicted molar refractivity (Wildman–Crippen MR) is 67.0 cm³/mol. The lowest BCUT2D eigenvalue weighted by Crippen LogP contribution is -2.51. The Hall–Kier alpha value is -1.10. The molecule has 1 N–H and O–H groups in total. The molecule has 2 aliphatic rings. The van der Waals surface area contributed by atoms with Crippen LogP contribution < -0.4 is 10.2 Å². The number of piperidine rings is 1. The summed E-state index contributed by atoms with van der Waals surface area (Å²) in [7, 11) is 1.98. The minimum absolute atomic E-state index is 0.628. The largest absolute Gasteiger partial charge is 0.351 e. The van der Waals surface area contributed by atoms with E-state index < -0.39 is 0 Å². The maximum Gasteiger partial charge on any atom is 0.147 e.